The van der Waals surface area contributed by atoms with Gasteiger partial charge >= 0.3 is 5.97 Å². The molecule has 8 heteroatoms. The average Bonchev–Trinajstić information content (AvgIpc) is 2.16. The van der Waals surface area contributed by atoms with Crippen LogP contribution in [0.1, 0.15) is 12.8 Å². The van der Waals surface area contributed by atoms with Gasteiger partial charge in [0.2, 0.25) is 0 Å². The van der Waals surface area contributed by atoms with Gasteiger partial charge in [0.25, 0.3) is 0 Å². The predicted molar refractivity (Wildman–Crippen MR) is 63.0 cm³/mol. The Labute approximate surface area is 106 Å². The number of hydrogen-bond donors (Lipinski definition) is 3. The number of rotatable bonds is 7. The smallest absolute Gasteiger partial charge is 0.307 e. The first-order valence-electron chi connectivity index (χ1n) is 4.17. The van der Waals surface area contributed by atoms with E-state index in [0.29, 0.717) is 0 Å². The quantitative estimate of drug-likeness (QED) is 0.568. The first-order chi connectivity index (χ1) is 6.51. The Hall–Kier alpha value is -0.690. The maximum atomic E-state index is 10.9. The molecule has 0 aromatic carbocycles. The number of carbonyl (C=O) groups excluding carboxylic acids is 2. The highest BCUT2D eigenvalue weighted by atomic mass is 35.5. The van der Waals surface area contributed by atoms with Crippen LogP contribution in [0.2, 0.25) is 0 Å². The van der Waals surface area contributed by atoms with Gasteiger partial charge in [-0.15, -0.1) is 24.8 Å². The van der Waals surface area contributed by atoms with Gasteiger partial charge in [0.1, 0.15) is 11.6 Å². The molecule has 0 radical (unpaired) electrons. The lowest BCUT2D eigenvalue weighted by Crippen LogP contribution is -2.27. The van der Waals surface area contributed by atoms with Gasteiger partial charge in [-0.3, -0.25) is 14.4 Å². The molecule has 0 aliphatic rings. The van der Waals surface area contributed by atoms with Crippen molar-refractivity contribution >= 4 is 42.3 Å². The number of halogens is 2. The third kappa shape index (κ3) is 8.60. The summed E-state index contributed by atoms with van der Waals surface area (Å²) in [6.45, 7) is -0.415. The number of hydrogen-bond acceptors (Lipinski definition) is 5. The second-order valence-electron chi connectivity index (χ2n) is 2.93. The zero-order chi connectivity index (χ0) is 11.1. The summed E-state index contributed by atoms with van der Waals surface area (Å²) in [7, 11) is 0. The van der Waals surface area contributed by atoms with Gasteiger partial charge in [-0.05, 0) is 0 Å². The number of nitrogens with two attached hydrogens (primary N) is 2. The van der Waals surface area contributed by atoms with Crippen LogP contribution in [0.15, 0.2) is 0 Å². The van der Waals surface area contributed by atoms with Crippen LogP contribution in [0.5, 0.6) is 0 Å². The van der Waals surface area contributed by atoms with Gasteiger partial charge in [-0.1, -0.05) is 0 Å². The molecule has 0 heterocycles. The first kappa shape index (κ1) is 20.7. The van der Waals surface area contributed by atoms with E-state index in [4.69, 9.17) is 16.6 Å². The van der Waals surface area contributed by atoms with E-state index in [1.54, 1.807) is 0 Å². The standard InChI is InChI=1S/C8H14N2O4.2ClH/c9-3-6(11)1-5(8(13)14)2-7(12)4-10;;/h5H,1-4,9-10H2,(H,13,14);2*1H. The van der Waals surface area contributed by atoms with Crippen LogP contribution in [0, 0.1) is 5.92 Å². The van der Waals surface area contributed by atoms with Crippen LogP contribution in [0.3, 0.4) is 0 Å². The largest absolute Gasteiger partial charge is 0.481 e. The Balaban J connectivity index is -0.000000845. The van der Waals surface area contributed by atoms with Gasteiger partial charge in [0.05, 0.1) is 19.0 Å². The lowest BCUT2D eigenvalue weighted by Gasteiger charge is -2.08. The summed E-state index contributed by atoms with van der Waals surface area (Å²) in [6.07, 6.45) is -0.421. The van der Waals surface area contributed by atoms with Crippen molar-refractivity contribution in [2.45, 2.75) is 12.8 Å². The fourth-order valence-electron chi connectivity index (χ4n) is 0.963. The van der Waals surface area contributed by atoms with Gasteiger partial charge in [-0.2, -0.15) is 0 Å². The summed E-state index contributed by atoms with van der Waals surface area (Å²) in [4.78, 5) is 32.3. The molecule has 0 rings (SSSR count). The van der Waals surface area contributed by atoms with E-state index < -0.39 is 11.9 Å². The molecule has 0 unspecified atom stereocenters. The minimum Gasteiger partial charge on any atom is -0.481 e. The molecule has 6 nitrogen and oxygen atoms in total. The Morgan fingerprint density at radius 1 is 0.938 bits per heavy atom. The number of Topliss-reactive ketones (excluding diaryl/α,β-unsaturated/α-hetero) is 2. The molecular weight excluding hydrogens is 259 g/mol. The topological polar surface area (TPSA) is 123 Å². The molecule has 0 aromatic rings. The van der Waals surface area contributed by atoms with Crippen molar-refractivity contribution in [3.05, 3.63) is 0 Å². The highest BCUT2D eigenvalue weighted by molar-refractivity contribution is 5.89. The Morgan fingerprint density at radius 3 is 1.44 bits per heavy atom. The van der Waals surface area contributed by atoms with Crippen molar-refractivity contribution in [3.63, 3.8) is 0 Å². The van der Waals surface area contributed by atoms with Crippen LogP contribution in [-0.4, -0.2) is 35.7 Å². The predicted octanol–water partition coefficient (Wildman–Crippen LogP) is -0.633. The van der Waals surface area contributed by atoms with Crippen LogP contribution < -0.4 is 11.5 Å². The number of carboxylic acids is 1. The summed E-state index contributed by atoms with van der Waals surface area (Å²) >= 11 is 0. The highest BCUT2D eigenvalue weighted by Gasteiger charge is 2.22. The van der Waals surface area contributed by atoms with Crippen LogP contribution in [-0.2, 0) is 14.4 Å². The summed E-state index contributed by atoms with van der Waals surface area (Å²) in [6, 6.07) is 0. The molecule has 0 spiro atoms. The molecule has 96 valence electrons. The fourth-order valence-corrected chi connectivity index (χ4v) is 0.963. The van der Waals surface area contributed by atoms with E-state index >= 15 is 0 Å². The Bertz CT molecular complexity index is 230. The first-order valence-corrected chi connectivity index (χ1v) is 4.17. The number of aliphatic carboxylic acids is 1. The van der Waals surface area contributed by atoms with E-state index in [2.05, 4.69) is 0 Å². The van der Waals surface area contributed by atoms with Gasteiger partial charge < -0.3 is 16.6 Å². The highest BCUT2D eigenvalue weighted by Crippen LogP contribution is 2.09. The second kappa shape index (κ2) is 10.8. The second-order valence-corrected chi connectivity index (χ2v) is 2.93. The zero-order valence-electron chi connectivity index (χ0n) is 8.55. The summed E-state index contributed by atoms with van der Waals surface area (Å²) in [5, 5.41) is 8.68. The maximum absolute atomic E-state index is 10.9. The third-order valence-electron chi connectivity index (χ3n) is 1.75. The average molecular weight is 275 g/mol. The minimum atomic E-state index is -1.17. The van der Waals surface area contributed by atoms with Gasteiger partial charge in [0, 0.05) is 12.8 Å². The summed E-state index contributed by atoms with van der Waals surface area (Å²) in [5.41, 5.74) is 10.1. The fraction of sp³-hybridized carbons (Fsp3) is 0.625. The van der Waals surface area contributed by atoms with E-state index in [1.165, 1.54) is 0 Å². The van der Waals surface area contributed by atoms with Crippen molar-refractivity contribution in [2.75, 3.05) is 13.1 Å². The van der Waals surface area contributed by atoms with Crippen LogP contribution in [0.25, 0.3) is 0 Å². The molecule has 0 saturated carbocycles. The SMILES string of the molecule is Cl.Cl.NCC(=O)CC(CC(=O)CN)C(=O)O. The maximum Gasteiger partial charge on any atom is 0.307 e. The Kier molecular flexibility index (Phi) is 14.0. The van der Waals surface area contributed by atoms with E-state index in [1.807, 2.05) is 0 Å². The third-order valence-corrected chi connectivity index (χ3v) is 1.75. The number of ketones is 2. The molecule has 0 amide bonds. The van der Waals surface area contributed by atoms with E-state index in [0.717, 1.165) is 0 Å². The number of carbonyl (C=O) groups is 3. The van der Waals surface area contributed by atoms with Crippen molar-refractivity contribution in [1.29, 1.82) is 0 Å². The normalized spacial score (nSPS) is 8.94. The molecule has 0 aliphatic heterocycles. The molecule has 16 heavy (non-hydrogen) atoms. The Morgan fingerprint density at radius 2 is 1.25 bits per heavy atom. The van der Waals surface area contributed by atoms with Crippen LogP contribution >= 0.6 is 24.8 Å². The van der Waals surface area contributed by atoms with Crippen molar-refractivity contribution < 1.29 is 19.5 Å². The van der Waals surface area contributed by atoms with Crippen molar-refractivity contribution in [1.82, 2.24) is 0 Å². The van der Waals surface area contributed by atoms with Gasteiger partial charge in [-0.25, -0.2) is 0 Å². The van der Waals surface area contributed by atoms with Gasteiger partial charge in [0.15, 0.2) is 0 Å². The summed E-state index contributed by atoms with van der Waals surface area (Å²) < 4.78 is 0. The van der Waals surface area contributed by atoms with E-state index in [-0.39, 0.29) is 62.3 Å². The molecule has 0 atom stereocenters. The molecule has 0 aromatic heterocycles. The monoisotopic (exact) mass is 274 g/mol. The molecule has 0 saturated heterocycles. The molecule has 0 aliphatic carbocycles. The molecule has 0 bridgehead atoms. The molecule has 0 fully saturated rings. The zero-order valence-corrected chi connectivity index (χ0v) is 10.2. The summed E-state index contributed by atoms with van der Waals surface area (Å²) in [5.74, 6) is -2.92. The van der Waals surface area contributed by atoms with Crippen molar-refractivity contribution in [2.24, 2.45) is 17.4 Å². The molecule has 5 N–H and O–H groups in total. The number of carboxylic acid groups (broad SMARTS) is 1. The van der Waals surface area contributed by atoms with E-state index in [9.17, 15) is 14.4 Å². The van der Waals surface area contributed by atoms with Crippen LogP contribution in [0.4, 0.5) is 0 Å². The lowest BCUT2D eigenvalue weighted by molar-refractivity contribution is -0.145. The lowest BCUT2D eigenvalue weighted by atomic mass is 9.96. The minimum absolute atomic E-state index is 0. The van der Waals surface area contributed by atoms with Crippen molar-refractivity contribution in [3.8, 4) is 0 Å². The molecular formula is C8H16Cl2N2O4.